The van der Waals surface area contributed by atoms with Crippen LogP contribution < -0.4 is 15.6 Å². The zero-order valence-electron chi connectivity index (χ0n) is 16.2. The number of carbonyl (C=O) groups excluding carboxylic acids is 1. The number of aryl methyl sites for hydroxylation is 2. The minimum absolute atomic E-state index is 0.145. The standard InChI is InChI=1S/C21H28N4O/c1-6-19(23-20-12-7-15(2)13-16(20)3)21(26)24-22-14-17-8-10-18(11-9-17)25(4)5/h7-14,19,23H,6H2,1-5H3,(H,24,26)/b22-14-/t19-/m0/s1. The highest BCUT2D eigenvalue weighted by Crippen LogP contribution is 2.18. The molecule has 5 nitrogen and oxygen atoms in total. The Morgan fingerprint density at radius 3 is 2.42 bits per heavy atom. The fraction of sp³-hybridized carbons (Fsp3) is 0.333. The SMILES string of the molecule is CC[C@H](Nc1ccc(C)cc1C)C(=O)N/N=C\c1ccc(N(C)C)cc1. The van der Waals surface area contributed by atoms with Crippen molar-refractivity contribution in [3.8, 4) is 0 Å². The molecule has 0 aliphatic carbocycles. The molecule has 2 aromatic carbocycles. The van der Waals surface area contributed by atoms with Gasteiger partial charge in [0, 0.05) is 25.5 Å². The summed E-state index contributed by atoms with van der Waals surface area (Å²) in [6.45, 7) is 6.07. The third kappa shape index (κ3) is 5.34. The number of benzene rings is 2. The molecule has 0 saturated heterocycles. The predicted molar refractivity (Wildman–Crippen MR) is 110 cm³/mol. The van der Waals surface area contributed by atoms with Gasteiger partial charge in [0.1, 0.15) is 6.04 Å². The Kier molecular flexibility index (Phi) is 6.78. The minimum atomic E-state index is -0.329. The second kappa shape index (κ2) is 9.04. The lowest BCUT2D eigenvalue weighted by molar-refractivity contribution is -0.121. The highest BCUT2D eigenvalue weighted by atomic mass is 16.2. The number of hydrogen-bond donors (Lipinski definition) is 2. The molecule has 2 aromatic rings. The van der Waals surface area contributed by atoms with Gasteiger partial charge in [0.25, 0.3) is 5.91 Å². The normalized spacial score (nSPS) is 12.0. The summed E-state index contributed by atoms with van der Waals surface area (Å²) < 4.78 is 0. The molecule has 138 valence electrons. The first-order valence-electron chi connectivity index (χ1n) is 8.84. The van der Waals surface area contributed by atoms with Crippen LogP contribution in [0.3, 0.4) is 0 Å². The van der Waals surface area contributed by atoms with Crippen molar-refractivity contribution < 1.29 is 4.79 Å². The van der Waals surface area contributed by atoms with Gasteiger partial charge in [-0.25, -0.2) is 5.43 Å². The molecule has 0 unspecified atom stereocenters. The second-order valence-electron chi connectivity index (χ2n) is 6.64. The molecular weight excluding hydrogens is 324 g/mol. The average Bonchev–Trinajstić information content (AvgIpc) is 2.61. The van der Waals surface area contributed by atoms with E-state index < -0.39 is 0 Å². The first kappa shape index (κ1) is 19.5. The van der Waals surface area contributed by atoms with Crippen molar-refractivity contribution in [1.29, 1.82) is 0 Å². The lowest BCUT2D eigenvalue weighted by Gasteiger charge is -2.18. The van der Waals surface area contributed by atoms with E-state index in [0.29, 0.717) is 6.42 Å². The first-order chi connectivity index (χ1) is 12.4. The van der Waals surface area contributed by atoms with Crippen LogP contribution in [0.4, 0.5) is 11.4 Å². The molecule has 5 heteroatoms. The molecule has 26 heavy (non-hydrogen) atoms. The molecule has 0 aliphatic rings. The number of nitrogens with one attached hydrogen (secondary N) is 2. The number of hydrogen-bond acceptors (Lipinski definition) is 4. The first-order valence-corrected chi connectivity index (χ1v) is 8.84. The number of nitrogens with zero attached hydrogens (tertiary/aromatic N) is 2. The monoisotopic (exact) mass is 352 g/mol. The van der Waals surface area contributed by atoms with Gasteiger partial charge in [-0.05, 0) is 49.6 Å². The number of carbonyl (C=O) groups is 1. The molecule has 0 spiro atoms. The van der Waals surface area contributed by atoms with E-state index in [0.717, 1.165) is 22.5 Å². The Morgan fingerprint density at radius 2 is 1.85 bits per heavy atom. The van der Waals surface area contributed by atoms with Crippen LogP contribution in [-0.4, -0.2) is 32.3 Å². The van der Waals surface area contributed by atoms with Crippen LogP contribution in [0.25, 0.3) is 0 Å². The molecule has 1 atom stereocenters. The lowest BCUT2D eigenvalue weighted by Crippen LogP contribution is -2.37. The Balaban J connectivity index is 1.95. The maximum Gasteiger partial charge on any atom is 0.262 e. The van der Waals surface area contributed by atoms with E-state index in [-0.39, 0.29) is 11.9 Å². The predicted octanol–water partition coefficient (Wildman–Crippen LogP) is 3.71. The molecule has 0 aromatic heterocycles. The summed E-state index contributed by atoms with van der Waals surface area (Å²) in [7, 11) is 3.99. The van der Waals surface area contributed by atoms with Crippen LogP contribution in [0.15, 0.2) is 47.6 Å². The Labute approximate surface area is 156 Å². The quantitative estimate of drug-likeness (QED) is 0.590. The van der Waals surface area contributed by atoms with Gasteiger partial charge in [-0.3, -0.25) is 4.79 Å². The topological polar surface area (TPSA) is 56.7 Å². The second-order valence-corrected chi connectivity index (χ2v) is 6.64. The van der Waals surface area contributed by atoms with E-state index in [1.54, 1.807) is 6.21 Å². The van der Waals surface area contributed by atoms with Crippen LogP contribution in [0.5, 0.6) is 0 Å². The van der Waals surface area contributed by atoms with Crippen molar-refractivity contribution in [2.75, 3.05) is 24.3 Å². The largest absolute Gasteiger partial charge is 0.378 e. The number of anilines is 2. The van der Waals surface area contributed by atoms with Crippen molar-refractivity contribution in [3.63, 3.8) is 0 Å². The average molecular weight is 352 g/mol. The van der Waals surface area contributed by atoms with Gasteiger partial charge in [0.15, 0.2) is 0 Å². The summed E-state index contributed by atoms with van der Waals surface area (Å²) in [4.78, 5) is 14.4. The molecule has 0 saturated carbocycles. The molecule has 0 heterocycles. The zero-order chi connectivity index (χ0) is 19.1. The van der Waals surface area contributed by atoms with Crippen molar-refractivity contribution in [3.05, 3.63) is 59.2 Å². The molecular formula is C21H28N4O. The minimum Gasteiger partial charge on any atom is -0.378 e. The summed E-state index contributed by atoms with van der Waals surface area (Å²) in [5, 5.41) is 7.39. The van der Waals surface area contributed by atoms with E-state index in [4.69, 9.17) is 0 Å². The van der Waals surface area contributed by atoms with E-state index in [1.807, 2.05) is 69.2 Å². The van der Waals surface area contributed by atoms with Gasteiger partial charge >= 0.3 is 0 Å². The molecule has 0 aliphatic heterocycles. The maximum absolute atomic E-state index is 12.4. The number of hydrazone groups is 1. The van der Waals surface area contributed by atoms with Gasteiger partial charge in [0.2, 0.25) is 0 Å². The van der Waals surface area contributed by atoms with Crippen LogP contribution in [0.2, 0.25) is 0 Å². The Morgan fingerprint density at radius 1 is 1.15 bits per heavy atom. The van der Waals surface area contributed by atoms with Gasteiger partial charge < -0.3 is 10.2 Å². The number of rotatable bonds is 7. The third-order valence-corrected chi connectivity index (χ3v) is 4.23. The molecule has 0 fully saturated rings. The summed E-state index contributed by atoms with van der Waals surface area (Å²) in [5.41, 5.74) is 7.99. The van der Waals surface area contributed by atoms with Crippen LogP contribution in [0, 0.1) is 13.8 Å². The van der Waals surface area contributed by atoms with Gasteiger partial charge in [-0.1, -0.05) is 36.8 Å². The summed E-state index contributed by atoms with van der Waals surface area (Å²) >= 11 is 0. The highest BCUT2D eigenvalue weighted by molar-refractivity contribution is 5.87. The molecule has 2 N–H and O–H groups in total. The Hall–Kier alpha value is -2.82. The van der Waals surface area contributed by atoms with Crippen LogP contribution in [0.1, 0.15) is 30.0 Å². The molecule has 2 rings (SSSR count). The van der Waals surface area contributed by atoms with Crippen LogP contribution >= 0.6 is 0 Å². The van der Waals surface area contributed by atoms with E-state index in [9.17, 15) is 4.79 Å². The fourth-order valence-corrected chi connectivity index (χ4v) is 2.62. The van der Waals surface area contributed by atoms with Gasteiger partial charge in [0.05, 0.1) is 6.21 Å². The lowest BCUT2D eigenvalue weighted by atomic mass is 10.1. The summed E-state index contributed by atoms with van der Waals surface area (Å²) in [6, 6.07) is 13.8. The smallest absolute Gasteiger partial charge is 0.262 e. The van der Waals surface area contributed by atoms with Crippen molar-refractivity contribution in [2.45, 2.75) is 33.2 Å². The third-order valence-electron chi connectivity index (χ3n) is 4.23. The number of amides is 1. The fourth-order valence-electron chi connectivity index (χ4n) is 2.62. The van der Waals surface area contributed by atoms with Crippen molar-refractivity contribution in [2.24, 2.45) is 5.10 Å². The van der Waals surface area contributed by atoms with E-state index >= 15 is 0 Å². The van der Waals surface area contributed by atoms with E-state index in [1.165, 1.54) is 5.56 Å². The highest BCUT2D eigenvalue weighted by Gasteiger charge is 2.16. The zero-order valence-corrected chi connectivity index (χ0v) is 16.2. The summed E-state index contributed by atoms with van der Waals surface area (Å²) in [6.07, 6.45) is 2.33. The van der Waals surface area contributed by atoms with Gasteiger partial charge in [-0.15, -0.1) is 0 Å². The molecule has 0 bridgehead atoms. The van der Waals surface area contributed by atoms with Crippen molar-refractivity contribution >= 4 is 23.5 Å². The Bertz CT molecular complexity index is 766. The van der Waals surface area contributed by atoms with Gasteiger partial charge in [-0.2, -0.15) is 5.10 Å². The van der Waals surface area contributed by atoms with Crippen LogP contribution in [-0.2, 0) is 4.79 Å². The molecule has 0 radical (unpaired) electrons. The van der Waals surface area contributed by atoms with Crippen molar-refractivity contribution in [1.82, 2.24) is 5.43 Å². The van der Waals surface area contributed by atoms with E-state index in [2.05, 4.69) is 28.8 Å². The maximum atomic E-state index is 12.4. The summed E-state index contributed by atoms with van der Waals surface area (Å²) in [5.74, 6) is -0.145. The molecule has 1 amide bonds.